The highest BCUT2D eigenvalue weighted by molar-refractivity contribution is 5.98. The van der Waals surface area contributed by atoms with E-state index in [1.165, 1.54) is 25.5 Å². The lowest BCUT2D eigenvalue weighted by Crippen LogP contribution is -2.48. The Morgan fingerprint density at radius 2 is 1.97 bits per heavy atom. The van der Waals surface area contributed by atoms with Gasteiger partial charge >= 0.3 is 0 Å². The van der Waals surface area contributed by atoms with Crippen LogP contribution in [0.1, 0.15) is 41.6 Å². The molecule has 1 aromatic carbocycles. The minimum atomic E-state index is -0.348. The van der Waals surface area contributed by atoms with E-state index in [2.05, 4.69) is 15.3 Å². The Labute approximate surface area is 199 Å². The minimum Gasteiger partial charge on any atom is -0.491 e. The molecule has 0 radical (unpaired) electrons. The third kappa shape index (κ3) is 5.88. The molecule has 182 valence electrons. The number of fused-ring (bicyclic) bond motifs is 1. The number of anilines is 1. The number of carbonyl (C=O) groups is 3. The van der Waals surface area contributed by atoms with Crippen molar-refractivity contribution in [2.24, 2.45) is 5.92 Å². The van der Waals surface area contributed by atoms with E-state index in [0.29, 0.717) is 30.1 Å². The Morgan fingerprint density at radius 1 is 1.21 bits per heavy atom. The molecule has 2 heterocycles. The summed E-state index contributed by atoms with van der Waals surface area (Å²) in [5.41, 5.74) is 1.11. The third-order valence-corrected chi connectivity index (χ3v) is 5.81. The zero-order valence-electron chi connectivity index (χ0n) is 20.1. The molecular weight excluding hydrogens is 438 g/mol. The summed E-state index contributed by atoms with van der Waals surface area (Å²) < 4.78 is 11.8. The van der Waals surface area contributed by atoms with Crippen molar-refractivity contribution in [3.8, 4) is 5.75 Å². The van der Waals surface area contributed by atoms with Crippen molar-refractivity contribution in [3.63, 3.8) is 0 Å². The molecule has 0 aliphatic carbocycles. The fraction of sp³-hybridized carbons (Fsp3) is 0.458. The van der Waals surface area contributed by atoms with E-state index >= 15 is 0 Å². The van der Waals surface area contributed by atoms with Gasteiger partial charge in [0.15, 0.2) is 0 Å². The smallest absolute Gasteiger partial charge is 0.274 e. The Morgan fingerprint density at radius 3 is 2.62 bits per heavy atom. The monoisotopic (exact) mass is 469 g/mol. The molecule has 34 heavy (non-hydrogen) atoms. The Balaban J connectivity index is 2.00. The molecule has 0 unspecified atom stereocenters. The second-order valence-corrected chi connectivity index (χ2v) is 8.54. The van der Waals surface area contributed by atoms with E-state index in [4.69, 9.17) is 9.47 Å². The molecular formula is C24H31N5O5. The molecule has 3 atom stereocenters. The van der Waals surface area contributed by atoms with E-state index in [-0.39, 0.29) is 48.1 Å². The maximum atomic E-state index is 13.3. The van der Waals surface area contributed by atoms with Crippen molar-refractivity contribution in [2.75, 3.05) is 39.2 Å². The van der Waals surface area contributed by atoms with Crippen LogP contribution in [0.15, 0.2) is 36.8 Å². The maximum absolute atomic E-state index is 13.3. The molecule has 2 aromatic rings. The van der Waals surface area contributed by atoms with Crippen LogP contribution in [-0.4, -0.2) is 83.5 Å². The van der Waals surface area contributed by atoms with Gasteiger partial charge in [-0.1, -0.05) is 6.92 Å². The van der Waals surface area contributed by atoms with Gasteiger partial charge in [-0.3, -0.25) is 19.4 Å². The summed E-state index contributed by atoms with van der Waals surface area (Å²) in [5.74, 6) is -0.477. The number of rotatable bonds is 3. The van der Waals surface area contributed by atoms with Crippen LogP contribution in [0, 0.1) is 5.92 Å². The summed E-state index contributed by atoms with van der Waals surface area (Å²) in [6.07, 6.45) is 4.12. The summed E-state index contributed by atoms with van der Waals surface area (Å²) in [6.45, 7) is 6.09. The Kier molecular flexibility index (Phi) is 8.17. The van der Waals surface area contributed by atoms with E-state index in [9.17, 15) is 14.4 Å². The molecule has 0 saturated carbocycles. The van der Waals surface area contributed by atoms with Gasteiger partial charge in [0.1, 0.15) is 18.1 Å². The van der Waals surface area contributed by atoms with E-state index < -0.39 is 0 Å². The molecule has 0 spiro atoms. The van der Waals surface area contributed by atoms with Crippen molar-refractivity contribution >= 4 is 23.4 Å². The van der Waals surface area contributed by atoms with Crippen LogP contribution < -0.4 is 10.1 Å². The first-order chi connectivity index (χ1) is 16.2. The number of benzene rings is 1. The fourth-order valence-corrected chi connectivity index (χ4v) is 3.89. The molecule has 10 heteroatoms. The number of hydrogen-bond donors (Lipinski definition) is 1. The first-order valence-corrected chi connectivity index (χ1v) is 11.1. The van der Waals surface area contributed by atoms with Crippen molar-refractivity contribution < 1.29 is 23.9 Å². The normalized spacial score (nSPS) is 21.6. The predicted molar refractivity (Wildman–Crippen MR) is 126 cm³/mol. The fourth-order valence-electron chi connectivity index (χ4n) is 3.89. The van der Waals surface area contributed by atoms with Gasteiger partial charge in [0.2, 0.25) is 5.91 Å². The maximum Gasteiger partial charge on any atom is 0.274 e. The number of carbonyl (C=O) groups excluding carboxylic acids is 3. The number of hydrogen-bond acceptors (Lipinski definition) is 7. The van der Waals surface area contributed by atoms with Gasteiger partial charge < -0.3 is 24.6 Å². The van der Waals surface area contributed by atoms with Crippen LogP contribution in [-0.2, 0) is 9.53 Å². The van der Waals surface area contributed by atoms with Gasteiger partial charge in [-0.25, -0.2) is 4.98 Å². The van der Waals surface area contributed by atoms with Crippen LogP contribution in [0.2, 0.25) is 0 Å². The summed E-state index contributed by atoms with van der Waals surface area (Å²) in [6, 6.07) is 4.56. The summed E-state index contributed by atoms with van der Waals surface area (Å²) in [7, 11) is 3.30. The van der Waals surface area contributed by atoms with E-state index in [0.717, 1.165) is 0 Å². The number of aromatic nitrogens is 2. The van der Waals surface area contributed by atoms with Gasteiger partial charge in [0.25, 0.3) is 11.8 Å². The summed E-state index contributed by atoms with van der Waals surface area (Å²) >= 11 is 0. The van der Waals surface area contributed by atoms with Crippen molar-refractivity contribution in [1.29, 1.82) is 0 Å². The second-order valence-electron chi connectivity index (χ2n) is 8.54. The lowest BCUT2D eigenvalue weighted by atomic mass is 10.0. The summed E-state index contributed by atoms with van der Waals surface area (Å²) in [5, 5.41) is 2.71. The molecule has 3 amide bonds. The number of likely N-dealkylation sites (N-methyl/N-ethyl adjacent to an activating group) is 1. The first kappa shape index (κ1) is 25.1. The van der Waals surface area contributed by atoms with E-state index in [1.54, 1.807) is 42.2 Å². The van der Waals surface area contributed by atoms with Crippen molar-refractivity contribution in [1.82, 2.24) is 19.8 Å². The molecule has 1 aliphatic heterocycles. The number of ether oxygens (including phenoxy) is 2. The average molecular weight is 470 g/mol. The van der Waals surface area contributed by atoms with Crippen molar-refractivity contribution in [2.45, 2.75) is 32.9 Å². The molecule has 1 aromatic heterocycles. The molecule has 3 rings (SSSR count). The van der Waals surface area contributed by atoms with E-state index in [1.807, 2.05) is 13.8 Å². The first-order valence-electron chi connectivity index (χ1n) is 11.1. The molecule has 0 fully saturated rings. The highest BCUT2D eigenvalue weighted by Crippen LogP contribution is 2.27. The number of nitrogens with one attached hydrogen (secondary N) is 1. The molecule has 1 aliphatic rings. The van der Waals surface area contributed by atoms with Gasteiger partial charge in [0, 0.05) is 64.2 Å². The van der Waals surface area contributed by atoms with Crippen LogP contribution in [0.4, 0.5) is 5.69 Å². The zero-order valence-corrected chi connectivity index (χ0v) is 20.1. The van der Waals surface area contributed by atoms with Crippen molar-refractivity contribution in [3.05, 3.63) is 48.0 Å². The van der Waals surface area contributed by atoms with Gasteiger partial charge in [-0.2, -0.15) is 0 Å². The highest BCUT2D eigenvalue weighted by Gasteiger charge is 2.31. The quantitative estimate of drug-likeness (QED) is 0.732. The van der Waals surface area contributed by atoms with Gasteiger partial charge in [0.05, 0.1) is 23.9 Å². The molecule has 0 bridgehead atoms. The third-order valence-electron chi connectivity index (χ3n) is 5.81. The lowest BCUT2D eigenvalue weighted by molar-refractivity contribution is -0.114. The summed E-state index contributed by atoms with van der Waals surface area (Å²) in [4.78, 5) is 49.5. The van der Waals surface area contributed by atoms with Crippen LogP contribution in [0.3, 0.4) is 0 Å². The largest absolute Gasteiger partial charge is 0.491 e. The molecule has 1 N–H and O–H groups in total. The SMILES string of the molecule is CO[C@@H]1CN(C)C(=O)c2ccc(NC(C)=O)cc2OC[C@@H](C)N(C(=O)c2cnccn2)C[C@@H]1C. The minimum absolute atomic E-state index is 0.0793. The zero-order chi connectivity index (χ0) is 24.8. The van der Waals surface area contributed by atoms with Crippen LogP contribution in [0.25, 0.3) is 0 Å². The van der Waals surface area contributed by atoms with Crippen LogP contribution >= 0.6 is 0 Å². The Hall–Kier alpha value is -3.53. The number of nitrogens with zero attached hydrogens (tertiary/aromatic N) is 4. The standard InChI is InChI=1S/C24H31N5O5/c1-15-12-29(24(32)20-11-25-8-9-26-20)16(2)14-34-21-10-18(27-17(3)30)6-7-19(21)23(31)28(4)13-22(15)33-5/h6-11,15-16,22H,12-14H2,1-5H3,(H,27,30)/t15-,16+,22+/m0/s1. The van der Waals surface area contributed by atoms with Gasteiger partial charge in [-0.15, -0.1) is 0 Å². The van der Waals surface area contributed by atoms with Gasteiger partial charge in [-0.05, 0) is 19.1 Å². The molecule has 10 nitrogen and oxygen atoms in total. The number of amides is 3. The Bertz CT molecular complexity index is 1030. The average Bonchev–Trinajstić information content (AvgIpc) is 2.82. The predicted octanol–water partition coefficient (Wildman–Crippen LogP) is 2.08. The number of methoxy groups -OCH3 is 1. The second kappa shape index (κ2) is 11.1. The van der Waals surface area contributed by atoms with Crippen LogP contribution in [0.5, 0.6) is 5.75 Å². The molecule has 0 saturated heterocycles. The highest BCUT2D eigenvalue weighted by atomic mass is 16.5. The topological polar surface area (TPSA) is 114 Å². The lowest BCUT2D eigenvalue weighted by Gasteiger charge is -2.35.